The number of hydrogen-bond donors (Lipinski definition) is 1. The van der Waals surface area contributed by atoms with Gasteiger partial charge in [-0.1, -0.05) is 12.1 Å². The number of pyridine rings is 1. The Morgan fingerprint density at radius 2 is 2.00 bits per heavy atom. The Hall–Kier alpha value is -3.50. The summed E-state index contributed by atoms with van der Waals surface area (Å²) in [5, 5.41) is 6.72. The van der Waals surface area contributed by atoms with Crippen LogP contribution in [0.4, 0.5) is 17.6 Å². The van der Waals surface area contributed by atoms with Crippen LogP contribution in [0.15, 0.2) is 36.5 Å². The quantitative estimate of drug-likeness (QED) is 0.460. The van der Waals surface area contributed by atoms with Gasteiger partial charge in [-0.05, 0) is 43.9 Å². The largest absolute Gasteiger partial charge is 0.474 e. The molecule has 11 heteroatoms. The van der Waals surface area contributed by atoms with Gasteiger partial charge in [-0.3, -0.25) is 14.7 Å². The Morgan fingerprint density at radius 1 is 1.22 bits per heavy atom. The second-order valence-electron chi connectivity index (χ2n) is 9.80. The number of likely N-dealkylation sites (tertiary alicyclic amines) is 1. The van der Waals surface area contributed by atoms with Crippen LogP contribution in [0.25, 0.3) is 11.0 Å². The van der Waals surface area contributed by atoms with Crippen molar-refractivity contribution in [1.82, 2.24) is 20.1 Å². The number of nitrogens with zero attached hydrogens (tertiary/aromatic N) is 3. The number of halogens is 4. The number of aryl methyl sites for hydroxylation is 1. The number of benzene rings is 1. The number of aromatic nitrogens is 3. The zero-order chi connectivity index (χ0) is 26.4. The minimum atomic E-state index is -4.48. The van der Waals surface area contributed by atoms with E-state index in [2.05, 4.69) is 15.2 Å². The first-order valence-electron chi connectivity index (χ1n) is 12.2. The van der Waals surface area contributed by atoms with E-state index in [9.17, 15) is 22.8 Å². The molecule has 3 heterocycles. The van der Waals surface area contributed by atoms with Gasteiger partial charge in [0, 0.05) is 37.4 Å². The van der Waals surface area contributed by atoms with E-state index in [1.54, 1.807) is 24.4 Å². The summed E-state index contributed by atoms with van der Waals surface area (Å²) in [6, 6.07) is 6.04. The standard InChI is InChI=1S/C26H26F4N4O3/c1-15(35)25(12-17(13-25)37-22-9-8-19-20(32-22)14-31-33-19)24-16(4-2-5-18(24)27)7-10-23(36)34-11-3-6-21(34)26(28,29)30/h2,4-5,8-9,14,17,21H,3,6-7,10-13H2,1H3,(H,31,33). The van der Waals surface area contributed by atoms with Gasteiger partial charge in [0.15, 0.2) is 0 Å². The van der Waals surface area contributed by atoms with E-state index in [4.69, 9.17) is 4.74 Å². The minimum Gasteiger partial charge on any atom is -0.474 e. The zero-order valence-corrected chi connectivity index (χ0v) is 20.1. The predicted octanol–water partition coefficient (Wildman–Crippen LogP) is 4.65. The van der Waals surface area contributed by atoms with Gasteiger partial charge >= 0.3 is 6.18 Å². The van der Waals surface area contributed by atoms with Gasteiger partial charge in [0.1, 0.15) is 29.3 Å². The highest BCUT2D eigenvalue weighted by atomic mass is 19.4. The molecule has 1 saturated heterocycles. The number of carbonyl (C=O) groups excluding carboxylic acids is 2. The Labute approximate surface area is 210 Å². The molecule has 1 saturated carbocycles. The van der Waals surface area contributed by atoms with Gasteiger partial charge in [-0.2, -0.15) is 18.3 Å². The lowest BCUT2D eigenvalue weighted by Crippen LogP contribution is -2.53. The summed E-state index contributed by atoms with van der Waals surface area (Å²) in [7, 11) is 0. The van der Waals surface area contributed by atoms with Crippen molar-refractivity contribution in [2.45, 2.75) is 69.2 Å². The number of H-pyrrole nitrogens is 1. The van der Waals surface area contributed by atoms with Crippen molar-refractivity contribution >= 4 is 22.7 Å². The van der Waals surface area contributed by atoms with E-state index in [1.807, 2.05) is 0 Å². The van der Waals surface area contributed by atoms with E-state index in [0.717, 1.165) is 10.4 Å². The van der Waals surface area contributed by atoms with Crippen molar-refractivity contribution < 1.29 is 31.9 Å². The van der Waals surface area contributed by atoms with Crippen molar-refractivity contribution in [2.75, 3.05) is 6.54 Å². The molecule has 1 atom stereocenters. The molecule has 2 aliphatic rings. The Bertz CT molecular complexity index is 1330. The van der Waals surface area contributed by atoms with Gasteiger partial charge < -0.3 is 9.64 Å². The maximum absolute atomic E-state index is 15.2. The van der Waals surface area contributed by atoms with Gasteiger partial charge in [0.05, 0.1) is 17.1 Å². The number of aromatic amines is 1. The Morgan fingerprint density at radius 3 is 2.73 bits per heavy atom. The molecule has 196 valence electrons. The second-order valence-corrected chi connectivity index (χ2v) is 9.80. The van der Waals surface area contributed by atoms with Crippen LogP contribution in [0.1, 0.15) is 50.2 Å². The smallest absolute Gasteiger partial charge is 0.408 e. The number of alkyl halides is 3. The molecule has 7 nitrogen and oxygen atoms in total. The van der Waals surface area contributed by atoms with Crippen LogP contribution in [0, 0.1) is 5.82 Å². The third-order valence-electron chi connectivity index (χ3n) is 7.52. The molecule has 1 N–H and O–H groups in total. The van der Waals surface area contributed by atoms with Crippen molar-refractivity contribution in [3.8, 4) is 5.88 Å². The van der Waals surface area contributed by atoms with Gasteiger partial charge in [0.2, 0.25) is 11.8 Å². The average molecular weight is 519 g/mol. The van der Waals surface area contributed by atoms with Crippen molar-refractivity contribution in [1.29, 1.82) is 0 Å². The van der Waals surface area contributed by atoms with Gasteiger partial charge in [-0.25, -0.2) is 9.37 Å². The van der Waals surface area contributed by atoms with Crippen LogP contribution in [0.5, 0.6) is 5.88 Å². The molecule has 0 radical (unpaired) electrons. The number of carbonyl (C=O) groups is 2. The molecule has 5 rings (SSSR count). The topological polar surface area (TPSA) is 88.2 Å². The Kier molecular flexibility index (Phi) is 6.41. The molecule has 0 bridgehead atoms. The second kappa shape index (κ2) is 9.42. The summed E-state index contributed by atoms with van der Waals surface area (Å²) in [6.07, 6.45) is -2.85. The molecule has 1 amide bonds. The number of hydrogen-bond acceptors (Lipinski definition) is 5. The molecule has 1 aliphatic carbocycles. The van der Waals surface area contributed by atoms with Gasteiger partial charge in [0.25, 0.3) is 0 Å². The number of ether oxygens (including phenoxy) is 1. The van der Waals surface area contributed by atoms with Crippen molar-refractivity contribution in [2.24, 2.45) is 0 Å². The summed E-state index contributed by atoms with van der Waals surface area (Å²) >= 11 is 0. The fourth-order valence-corrected chi connectivity index (χ4v) is 5.62. The van der Waals surface area contributed by atoms with Crippen LogP contribution >= 0.6 is 0 Å². The van der Waals surface area contributed by atoms with Crippen LogP contribution in [-0.4, -0.2) is 56.6 Å². The number of nitrogens with one attached hydrogen (secondary N) is 1. The molecule has 2 aromatic heterocycles. The molecule has 2 fully saturated rings. The summed E-state index contributed by atoms with van der Waals surface area (Å²) in [5.74, 6) is -1.08. The van der Waals surface area contributed by atoms with Gasteiger partial charge in [-0.15, -0.1) is 0 Å². The number of ketones is 1. The molecule has 37 heavy (non-hydrogen) atoms. The molecule has 0 spiro atoms. The maximum Gasteiger partial charge on any atom is 0.408 e. The third-order valence-corrected chi connectivity index (χ3v) is 7.52. The van der Waals surface area contributed by atoms with Crippen LogP contribution < -0.4 is 4.74 Å². The molecule has 3 aromatic rings. The number of amides is 1. The molecule has 1 aliphatic heterocycles. The first-order valence-corrected chi connectivity index (χ1v) is 12.2. The molecule has 1 aromatic carbocycles. The first-order chi connectivity index (χ1) is 17.6. The highest BCUT2D eigenvalue weighted by Gasteiger charge is 2.53. The van der Waals surface area contributed by atoms with Crippen molar-refractivity contribution in [3.05, 3.63) is 53.5 Å². The predicted molar refractivity (Wildman–Crippen MR) is 125 cm³/mol. The first kappa shape index (κ1) is 25.2. The number of rotatable bonds is 7. The third kappa shape index (κ3) is 4.67. The molecular formula is C26H26F4N4O3. The normalized spacial score (nSPS) is 23.8. The molecule has 1 unspecified atom stereocenters. The van der Waals surface area contributed by atoms with Crippen molar-refractivity contribution in [3.63, 3.8) is 0 Å². The van der Waals surface area contributed by atoms with Crippen LogP contribution in [0.2, 0.25) is 0 Å². The average Bonchev–Trinajstić information content (AvgIpc) is 3.49. The summed E-state index contributed by atoms with van der Waals surface area (Å²) in [4.78, 5) is 30.8. The lowest BCUT2D eigenvalue weighted by Gasteiger charge is -2.46. The lowest BCUT2D eigenvalue weighted by molar-refractivity contribution is -0.182. The monoisotopic (exact) mass is 518 g/mol. The molecular weight excluding hydrogens is 492 g/mol. The van der Waals surface area contributed by atoms with Crippen LogP contribution in [-0.2, 0) is 21.4 Å². The highest BCUT2D eigenvalue weighted by molar-refractivity contribution is 5.90. The summed E-state index contributed by atoms with van der Waals surface area (Å²) in [6.45, 7) is 1.44. The summed E-state index contributed by atoms with van der Waals surface area (Å²) in [5.41, 5.74) is 0.877. The summed E-state index contributed by atoms with van der Waals surface area (Å²) < 4.78 is 61.1. The van der Waals surface area contributed by atoms with E-state index in [-0.39, 0.29) is 56.1 Å². The van der Waals surface area contributed by atoms with E-state index < -0.39 is 29.4 Å². The number of fused-ring (bicyclic) bond motifs is 1. The zero-order valence-electron chi connectivity index (χ0n) is 20.1. The lowest BCUT2D eigenvalue weighted by atomic mass is 9.59. The number of Topliss-reactive ketones (excluding diaryl/α,β-unsaturated/α-hetero) is 1. The van der Waals surface area contributed by atoms with E-state index in [0.29, 0.717) is 23.4 Å². The fourth-order valence-electron chi connectivity index (χ4n) is 5.62. The van der Waals surface area contributed by atoms with E-state index in [1.165, 1.54) is 19.1 Å². The van der Waals surface area contributed by atoms with E-state index >= 15 is 4.39 Å². The fraction of sp³-hybridized carbons (Fsp3) is 0.462. The maximum atomic E-state index is 15.2. The SMILES string of the molecule is CC(=O)C1(c2c(F)cccc2CCC(=O)N2CCCC2C(F)(F)F)CC(Oc2ccc3[nH]ncc3n2)C1. The highest BCUT2D eigenvalue weighted by Crippen LogP contribution is 2.48. The van der Waals surface area contributed by atoms with Crippen LogP contribution in [0.3, 0.4) is 0 Å². The minimum absolute atomic E-state index is 0.0340. The Balaban J connectivity index is 1.32.